The number of nitrogens with two attached hydrogens (primary N) is 1. The zero-order chi connectivity index (χ0) is 13.5. The van der Waals surface area contributed by atoms with Crippen LogP contribution in [-0.4, -0.2) is 29.4 Å². The lowest BCUT2D eigenvalue weighted by atomic mass is 10.1. The Morgan fingerprint density at radius 2 is 2.10 bits per heavy atom. The van der Waals surface area contributed by atoms with E-state index in [1.165, 1.54) is 0 Å². The van der Waals surface area contributed by atoms with Crippen LogP contribution < -0.4 is 5.73 Å². The van der Waals surface area contributed by atoms with Crippen molar-refractivity contribution in [1.29, 1.82) is 0 Å². The van der Waals surface area contributed by atoms with Crippen molar-refractivity contribution in [1.82, 2.24) is 10.1 Å². The number of nitrogens with zero attached hydrogens (tertiary/aromatic N) is 2. The van der Waals surface area contributed by atoms with Crippen molar-refractivity contribution in [2.45, 2.75) is 12.0 Å². The molecule has 6 heteroatoms. The van der Waals surface area contributed by atoms with Gasteiger partial charge < -0.3 is 19.4 Å². The second-order valence-electron chi connectivity index (χ2n) is 4.91. The van der Waals surface area contributed by atoms with Crippen LogP contribution in [0, 0.1) is 0 Å². The van der Waals surface area contributed by atoms with Crippen molar-refractivity contribution in [3.05, 3.63) is 36.2 Å². The van der Waals surface area contributed by atoms with Crippen LogP contribution in [0.2, 0.25) is 0 Å². The van der Waals surface area contributed by atoms with Crippen LogP contribution in [-0.2, 0) is 4.74 Å². The zero-order valence-electron chi connectivity index (χ0n) is 10.7. The molecule has 1 aliphatic rings. The number of ether oxygens (including phenoxy) is 1. The van der Waals surface area contributed by atoms with Crippen molar-refractivity contribution >= 4 is 11.0 Å². The van der Waals surface area contributed by atoms with Gasteiger partial charge in [0.1, 0.15) is 5.58 Å². The molecule has 1 aliphatic heterocycles. The first-order valence-electron chi connectivity index (χ1n) is 6.47. The second-order valence-corrected chi connectivity index (χ2v) is 4.91. The Balaban J connectivity index is 1.70. The second kappa shape index (κ2) is 4.43. The van der Waals surface area contributed by atoms with Gasteiger partial charge in [0.25, 0.3) is 0 Å². The van der Waals surface area contributed by atoms with Crippen molar-refractivity contribution in [2.24, 2.45) is 5.73 Å². The Kier molecular flexibility index (Phi) is 2.58. The van der Waals surface area contributed by atoms with Gasteiger partial charge >= 0.3 is 0 Å². The van der Waals surface area contributed by atoms with Crippen molar-refractivity contribution < 1.29 is 13.7 Å². The maximum Gasteiger partial charge on any atom is 0.238 e. The molecule has 6 nitrogen and oxygen atoms in total. The molecule has 3 aromatic rings. The van der Waals surface area contributed by atoms with Gasteiger partial charge in [-0.1, -0.05) is 23.4 Å². The Bertz CT molecular complexity index is 716. The Labute approximate surface area is 114 Å². The number of aromatic nitrogens is 2. The minimum absolute atomic E-state index is 0.0411. The van der Waals surface area contributed by atoms with Crippen molar-refractivity contribution in [2.75, 3.05) is 13.2 Å². The number of fused-ring (bicyclic) bond motifs is 1. The van der Waals surface area contributed by atoms with Crippen LogP contribution in [0.3, 0.4) is 0 Å². The first kappa shape index (κ1) is 11.6. The third kappa shape index (κ3) is 1.81. The van der Waals surface area contributed by atoms with E-state index in [0.29, 0.717) is 30.7 Å². The van der Waals surface area contributed by atoms with Crippen LogP contribution in [0.25, 0.3) is 22.6 Å². The molecule has 2 N–H and O–H groups in total. The molecule has 3 heterocycles. The molecule has 20 heavy (non-hydrogen) atoms. The van der Waals surface area contributed by atoms with E-state index >= 15 is 0 Å². The van der Waals surface area contributed by atoms with Gasteiger partial charge in [-0.3, -0.25) is 0 Å². The maximum atomic E-state index is 5.94. The molecule has 0 spiro atoms. The molecule has 0 amide bonds. The van der Waals surface area contributed by atoms with Crippen LogP contribution in [0.5, 0.6) is 0 Å². The largest absolute Gasteiger partial charge is 0.453 e. The lowest BCUT2D eigenvalue weighted by molar-refractivity contribution is 0.187. The molecule has 1 saturated heterocycles. The van der Waals surface area contributed by atoms with Crippen LogP contribution in [0.1, 0.15) is 11.8 Å². The summed E-state index contributed by atoms with van der Waals surface area (Å²) in [5.74, 6) is 1.50. The standard InChI is InChI=1S/C14H13N3O3/c15-10-7-18-6-9(10)14-16-13(17-20-14)12-5-8-3-1-2-4-11(8)19-12/h1-5,9-10H,6-7,15H2. The lowest BCUT2D eigenvalue weighted by Crippen LogP contribution is -2.26. The quantitative estimate of drug-likeness (QED) is 0.766. The number of benzene rings is 1. The summed E-state index contributed by atoms with van der Waals surface area (Å²) in [5, 5.41) is 4.98. The van der Waals surface area contributed by atoms with E-state index < -0.39 is 0 Å². The van der Waals surface area contributed by atoms with E-state index in [4.69, 9.17) is 19.4 Å². The molecule has 0 saturated carbocycles. The molecular weight excluding hydrogens is 258 g/mol. The summed E-state index contributed by atoms with van der Waals surface area (Å²) in [6.45, 7) is 1.04. The van der Waals surface area contributed by atoms with Gasteiger partial charge in [-0.15, -0.1) is 0 Å². The highest BCUT2D eigenvalue weighted by Gasteiger charge is 2.31. The average Bonchev–Trinajstić information content (AvgIpc) is 3.15. The van der Waals surface area contributed by atoms with Gasteiger partial charge in [0.15, 0.2) is 5.76 Å². The maximum absolute atomic E-state index is 5.94. The van der Waals surface area contributed by atoms with E-state index in [9.17, 15) is 0 Å². The van der Waals surface area contributed by atoms with E-state index in [2.05, 4.69) is 10.1 Å². The number of para-hydroxylation sites is 1. The minimum Gasteiger partial charge on any atom is -0.453 e. The molecule has 0 bridgehead atoms. The van der Waals surface area contributed by atoms with E-state index in [1.807, 2.05) is 30.3 Å². The van der Waals surface area contributed by atoms with Gasteiger partial charge in [0.05, 0.1) is 19.1 Å². The molecule has 0 aliphatic carbocycles. The number of hydrogen-bond donors (Lipinski definition) is 1. The molecule has 1 aromatic carbocycles. The van der Waals surface area contributed by atoms with Gasteiger partial charge in [-0.05, 0) is 12.1 Å². The number of rotatable bonds is 2. The summed E-state index contributed by atoms with van der Waals surface area (Å²) in [6.07, 6.45) is 0. The average molecular weight is 271 g/mol. The van der Waals surface area contributed by atoms with E-state index in [0.717, 1.165) is 11.0 Å². The Morgan fingerprint density at radius 1 is 1.20 bits per heavy atom. The normalized spacial score (nSPS) is 22.6. The molecular formula is C14H13N3O3. The summed E-state index contributed by atoms with van der Waals surface area (Å²) in [7, 11) is 0. The topological polar surface area (TPSA) is 87.3 Å². The molecule has 2 unspecified atom stereocenters. The number of hydrogen-bond acceptors (Lipinski definition) is 6. The van der Waals surface area contributed by atoms with Gasteiger partial charge in [0.2, 0.25) is 11.7 Å². The fourth-order valence-corrected chi connectivity index (χ4v) is 2.40. The highest BCUT2D eigenvalue weighted by Crippen LogP contribution is 2.28. The first-order chi connectivity index (χ1) is 9.81. The van der Waals surface area contributed by atoms with Crippen LogP contribution in [0.4, 0.5) is 0 Å². The fourth-order valence-electron chi connectivity index (χ4n) is 2.40. The predicted molar refractivity (Wildman–Crippen MR) is 71.0 cm³/mol. The fraction of sp³-hybridized carbons (Fsp3) is 0.286. The van der Waals surface area contributed by atoms with Crippen LogP contribution in [0.15, 0.2) is 39.3 Å². The van der Waals surface area contributed by atoms with Crippen molar-refractivity contribution in [3.63, 3.8) is 0 Å². The first-order valence-corrected chi connectivity index (χ1v) is 6.47. The number of furan rings is 1. The smallest absolute Gasteiger partial charge is 0.238 e. The summed E-state index contributed by atoms with van der Waals surface area (Å²) < 4.78 is 16.3. The summed E-state index contributed by atoms with van der Waals surface area (Å²) in [6, 6.07) is 9.56. The summed E-state index contributed by atoms with van der Waals surface area (Å²) in [4.78, 5) is 4.38. The molecule has 102 valence electrons. The monoisotopic (exact) mass is 271 g/mol. The third-order valence-electron chi connectivity index (χ3n) is 3.53. The van der Waals surface area contributed by atoms with Gasteiger partial charge in [-0.25, -0.2) is 0 Å². The highest BCUT2D eigenvalue weighted by molar-refractivity contribution is 5.81. The Hall–Kier alpha value is -2.18. The molecule has 4 rings (SSSR count). The lowest BCUT2D eigenvalue weighted by Gasteiger charge is -2.05. The minimum atomic E-state index is -0.0982. The van der Waals surface area contributed by atoms with Gasteiger partial charge in [-0.2, -0.15) is 4.98 Å². The Morgan fingerprint density at radius 3 is 2.90 bits per heavy atom. The molecule has 2 atom stereocenters. The summed E-state index contributed by atoms with van der Waals surface area (Å²) in [5.41, 5.74) is 6.74. The van der Waals surface area contributed by atoms with Crippen LogP contribution >= 0.6 is 0 Å². The van der Waals surface area contributed by atoms with Crippen molar-refractivity contribution in [3.8, 4) is 11.6 Å². The highest BCUT2D eigenvalue weighted by atomic mass is 16.5. The van der Waals surface area contributed by atoms with E-state index in [1.54, 1.807) is 0 Å². The van der Waals surface area contributed by atoms with E-state index in [-0.39, 0.29) is 12.0 Å². The predicted octanol–water partition coefficient (Wildman–Crippen LogP) is 1.92. The van der Waals surface area contributed by atoms with Gasteiger partial charge in [0, 0.05) is 11.4 Å². The molecule has 1 fully saturated rings. The third-order valence-corrected chi connectivity index (χ3v) is 3.53. The molecule has 2 aromatic heterocycles. The molecule has 0 radical (unpaired) electrons. The summed E-state index contributed by atoms with van der Waals surface area (Å²) >= 11 is 0. The zero-order valence-corrected chi connectivity index (χ0v) is 10.7. The SMILES string of the molecule is NC1COCC1c1nc(-c2cc3ccccc3o2)no1.